The van der Waals surface area contributed by atoms with Crippen LogP contribution in [0.15, 0.2) is 15.7 Å². The fourth-order valence-electron chi connectivity index (χ4n) is 3.03. The molecule has 25 heavy (non-hydrogen) atoms. The number of hydrogen-bond acceptors (Lipinski definition) is 6. The van der Waals surface area contributed by atoms with E-state index in [9.17, 15) is 8.42 Å². The van der Waals surface area contributed by atoms with Gasteiger partial charge in [0.15, 0.2) is 10.9 Å². The summed E-state index contributed by atoms with van der Waals surface area (Å²) in [6.45, 7) is 6.81. The normalized spacial score (nSPS) is 19.6. The highest BCUT2D eigenvalue weighted by atomic mass is 32.2. The zero-order valence-electron chi connectivity index (χ0n) is 15.1. The van der Waals surface area contributed by atoms with Crippen molar-refractivity contribution in [1.82, 2.24) is 24.0 Å². The molecule has 2 aromatic heterocycles. The van der Waals surface area contributed by atoms with Crippen LogP contribution < -0.4 is 0 Å². The highest BCUT2D eigenvalue weighted by molar-refractivity contribution is 7.89. The van der Waals surface area contributed by atoms with Gasteiger partial charge in [0.2, 0.25) is 5.89 Å². The fourth-order valence-corrected chi connectivity index (χ4v) is 4.58. The van der Waals surface area contributed by atoms with Gasteiger partial charge in [0.1, 0.15) is 5.82 Å². The Bertz CT molecular complexity index is 820. The van der Waals surface area contributed by atoms with Gasteiger partial charge < -0.3 is 9.09 Å². The summed E-state index contributed by atoms with van der Waals surface area (Å²) in [4.78, 5) is 8.64. The maximum atomic E-state index is 12.9. The van der Waals surface area contributed by atoms with E-state index in [1.54, 1.807) is 24.7 Å². The molecule has 0 N–H and O–H groups in total. The van der Waals surface area contributed by atoms with Crippen LogP contribution in [0.4, 0.5) is 0 Å². The first-order chi connectivity index (χ1) is 11.8. The average molecular weight is 367 g/mol. The number of piperidine rings is 1. The predicted molar refractivity (Wildman–Crippen MR) is 91.5 cm³/mol. The number of sulfonamides is 1. The molecule has 1 aliphatic rings. The Kier molecular flexibility index (Phi) is 4.97. The third-order valence-corrected chi connectivity index (χ3v) is 6.24. The third-order valence-electron chi connectivity index (χ3n) is 4.50. The lowest BCUT2D eigenvalue weighted by molar-refractivity contribution is 0.264. The van der Waals surface area contributed by atoms with E-state index in [-0.39, 0.29) is 10.9 Å². The maximum absolute atomic E-state index is 12.9. The summed E-state index contributed by atoms with van der Waals surface area (Å²) >= 11 is 0. The van der Waals surface area contributed by atoms with E-state index in [0.717, 1.165) is 19.3 Å². The largest absolute Gasteiger partial charge is 0.339 e. The first-order valence-electron chi connectivity index (χ1n) is 8.60. The topological polar surface area (TPSA) is 94.1 Å². The summed E-state index contributed by atoms with van der Waals surface area (Å²) in [7, 11) is -1.82. The lowest BCUT2D eigenvalue weighted by atomic mass is 10.00. The zero-order valence-corrected chi connectivity index (χ0v) is 16.0. The second kappa shape index (κ2) is 6.87. The van der Waals surface area contributed by atoms with Crippen LogP contribution in [0.25, 0.3) is 0 Å². The summed E-state index contributed by atoms with van der Waals surface area (Å²) in [5.41, 5.74) is 0. The molecule has 8 nitrogen and oxygen atoms in total. The smallest absolute Gasteiger partial charge is 0.262 e. The molecule has 138 valence electrons. The van der Waals surface area contributed by atoms with E-state index in [1.165, 1.54) is 4.31 Å². The van der Waals surface area contributed by atoms with Crippen LogP contribution in [-0.4, -0.2) is 45.5 Å². The van der Waals surface area contributed by atoms with Gasteiger partial charge in [0.25, 0.3) is 10.0 Å². The van der Waals surface area contributed by atoms with Crippen molar-refractivity contribution < 1.29 is 12.9 Å². The minimum atomic E-state index is -3.61. The van der Waals surface area contributed by atoms with Crippen molar-refractivity contribution in [1.29, 1.82) is 0 Å². The van der Waals surface area contributed by atoms with Crippen LogP contribution in [0.1, 0.15) is 50.1 Å². The van der Waals surface area contributed by atoms with E-state index < -0.39 is 10.0 Å². The predicted octanol–water partition coefficient (Wildman–Crippen LogP) is 1.88. The van der Waals surface area contributed by atoms with Gasteiger partial charge in [0, 0.05) is 32.8 Å². The van der Waals surface area contributed by atoms with Gasteiger partial charge in [-0.25, -0.2) is 13.4 Å². The maximum Gasteiger partial charge on any atom is 0.262 e. The van der Waals surface area contributed by atoms with E-state index in [1.807, 2.05) is 0 Å². The van der Waals surface area contributed by atoms with Gasteiger partial charge in [-0.1, -0.05) is 19.0 Å². The van der Waals surface area contributed by atoms with Crippen molar-refractivity contribution in [2.75, 3.05) is 13.1 Å². The number of aryl methyl sites for hydroxylation is 2. The molecule has 0 bridgehead atoms. The van der Waals surface area contributed by atoms with Gasteiger partial charge >= 0.3 is 0 Å². The van der Waals surface area contributed by atoms with Crippen molar-refractivity contribution in [2.45, 2.75) is 51.0 Å². The van der Waals surface area contributed by atoms with Crippen LogP contribution in [-0.2, 0) is 23.5 Å². The van der Waals surface area contributed by atoms with Gasteiger partial charge in [-0.05, 0) is 25.7 Å². The molecule has 1 saturated heterocycles. The van der Waals surface area contributed by atoms with Crippen molar-refractivity contribution in [3.63, 3.8) is 0 Å². The van der Waals surface area contributed by atoms with Crippen molar-refractivity contribution in [2.24, 2.45) is 13.0 Å². The fraction of sp³-hybridized carbons (Fsp3) is 0.688. The molecule has 0 saturated carbocycles. The summed E-state index contributed by atoms with van der Waals surface area (Å²) < 4.78 is 34.3. The second-order valence-corrected chi connectivity index (χ2v) is 8.97. The summed E-state index contributed by atoms with van der Waals surface area (Å²) in [5.74, 6) is 2.27. The molecular weight excluding hydrogens is 342 g/mol. The first-order valence-corrected chi connectivity index (χ1v) is 10.0. The third kappa shape index (κ3) is 3.77. The molecule has 0 amide bonds. The molecule has 3 rings (SSSR count). The molecule has 2 aromatic rings. The molecule has 1 unspecified atom stereocenters. The molecule has 1 atom stereocenters. The Morgan fingerprint density at radius 3 is 2.76 bits per heavy atom. The minimum Gasteiger partial charge on any atom is -0.339 e. The number of nitrogens with zero attached hydrogens (tertiary/aromatic N) is 5. The molecule has 3 heterocycles. The molecule has 0 radical (unpaired) electrons. The Morgan fingerprint density at radius 2 is 2.12 bits per heavy atom. The highest BCUT2D eigenvalue weighted by Gasteiger charge is 2.34. The van der Waals surface area contributed by atoms with Crippen molar-refractivity contribution in [3.05, 3.63) is 23.7 Å². The molecule has 9 heteroatoms. The quantitative estimate of drug-likeness (QED) is 0.801. The number of aromatic nitrogens is 4. The van der Waals surface area contributed by atoms with Crippen LogP contribution in [0, 0.1) is 12.8 Å². The van der Waals surface area contributed by atoms with Crippen molar-refractivity contribution >= 4 is 10.0 Å². The second-order valence-electron chi connectivity index (χ2n) is 7.09. The summed E-state index contributed by atoms with van der Waals surface area (Å²) in [6.07, 6.45) is 3.92. The van der Waals surface area contributed by atoms with Crippen LogP contribution in [0.5, 0.6) is 0 Å². The van der Waals surface area contributed by atoms with Gasteiger partial charge in [-0.15, -0.1) is 0 Å². The molecule has 0 aliphatic carbocycles. The lowest BCUT2D eigenvalue weighted by Gasteiger charge is -2.29. The van der Waals surface area contributed by atoms with E-state index in [4.69, 9.17) is 4.52 Å². The number of hydrogen-bond donors (Lipinski definition) is 0. The van der Waals surface area contributed by atoms with Crippen LogP contribution in [0.3, 0.4) is 0 Å². The Balaban J connectivity index is 1.77. The van der Waals surface area contributed by atoms with E-state index >= 15 is 0 Å². The van der Waals surface area contributed by atoms with E-state index in [0.29, 0.717) is 36.5 Å². The zero-order chi connectivity index (χ0) is 18.2. The summed E-state index contributed by atoms with van der Waals surface area (Å²) in [6, 6.07) is 0. The van der Waals surface area contributed by atoms with Crippen LogP contribution in [0.2, 0.25) is 0 Å². The Morgan fingerprint density at radius 1 is 1.36 bits per heavy atom. The van der Waals surface area contributed by atoms with E-state index in [2.05, 4.69) is 29.0 Å². The average Bonchev–Trinajstić information content (AvgIpc) is 3.14. The molecule has 1 fully saturated rings. The summed E-state index contributed by atoms with van der Waals surface area (Å²) in [5, 5.41) is 4.12. The monoisotopic (exact) mass is 367 g/mol. The van der Waals surface area contributed by atoms with Gasteiger partial charge in [0.05, 0.1) is 5.92 Å². The SMILES string of the molecule is Cc1nc(S(=O)(=O)N2CCCC(c3nc(CC(C)C)no3)C2)cn1C. The van der Waals surface area contributed by atoms with Gasteiger partial charge in [-0.2, -0.15) is 9.29 Å². The minimum absolute atomic E-state index is 0.0678. The molecule has 0 spiro atoms. The standard InChI is InChI=1S/C16H25N5O3S/c1-11(2)8-14-18-16(24-19-14)13-6-5-7-21(9-13)25(22,23)15-10-20(4)12(3)17-15/h10-11,13H,5-9H2,1-4H3. The van der Waals surface area contributed by atoms with Crippen LogP contribution >= 0.6 is 0 Å². The molecule has 0 aromatic carbocycles. The lowest BCUT2D eigenvalue weighted by Crippen LogP contribution is -2.39. The van der Waals surface area contributed by atoms with Crippen molar-refractivity contribution in [3.8, 4) is 0 Å². The number of rotatable bonds is 5. The number of imidazole rings is 1. The Labute approximate surface area is 148 Å². The Hall–Kier alpha value is -1.74. The molecular formula is C16H25N5O3S. The van der Waals surface area contributed by atoms with Gasteiger partial charge in [-0.3, -0.25) is 0 Å². The molecule has 1 aliphatic heterocycles. The highest BCUT2D eigenvalue weighted by Crippen LogP contribution is 2.29. The first kappa shape index (κ1) is 18.1.